The van der Waals surface area contributed by atoms with E-state index in [1.165, 1.54) is 0 Å². The Morgan fingerprint density at radius 3 is 1.86 bits per heavy atom. The first-order valence-corrected chi connectivity index (χ1v) is 6.65. The third kappa shape index (κ3) is 1.54. The van der Waals surface area contributed by atoms with Crippen LogP contribution in [0.25, 0.3) is 0 Å². The molecule has 5 heteroatoms. The molecule has 1 aromatic rings. The second kappa shape index (κ2) is 3.63. The summed E-state index contributed by atoms with van der Waals surface area (Å²) in [6.07, 6.45) is 0. The van der Waals surface area contributed by atoms with E-state index in [1.807, 2.05) is 0 Å². The van der Waals surface area contributed by atoms with Crippen LogP contribution in [0.3, 0.4) is 0 Å². The quantitative estimate of drug-likeness (QED) is 0.700. The second-order valence-electron chi connectivity index (χ2n) is 3.22. The number of amides is 2. The molecule has 74 valence electrons. The van der Waals surface area contributed by atoms with Gasteiger partial charge in [-0.2, -0.15) is 0 Å². The van der Waals surface area contributed by atoms with E-state index in [1.54, 1.807) is 36.9 Å². The van der Waals surface area contributed by atoms with Crippen LogP contribution < -0.4 is 16.7 Å². The summed E-state index contributed by atoms with van der Waals surface area (Å²) in [5, 5.41) is 0.653. The number of hydrogen-bond donors (Lipinski definition) is 2. The lowest BCUT2D eigenvalue weighted by molar-refractivity contribution is 0.260. The monoisotopic (exact) mass is 208 g/mol. The normalized spacial score (nSPS) is 10.9. The molecule has 0 atom stereocenters. The molecule has 4 nitrogen and oxygen atoms in total. The van der Waals surface area contributed by atoms with Gasteiger partial charge in [0, 0.05) is 0 Å². The number of hydrogen-bond acceptors (Lipinski definition) is 2. The molecule has 1 rings (SSSR count). The number of rotatable bonds is 3. The van der Waals surface area contributed by atoms with Crippen LogP contribution in [0.15, 0.2) is 30.3 Å². The SMILES string of the molecule is C[Si](C(N)=O)(C(N)=O)c1ccccc1. The summed E-state index contributed by atoms with van der Waals surface area (Å²) >= 11 is 0. The highest BCUT2D eigenvalue weighted by Gasteiger charge is 2.43. The lowest BCUT2D eigenvalue weighted by Gasteiger charge is -2.19. The van der Waals surface area contributed by atoms with Crippen molar-refractivity contribution in [1.82, 2.24) is 0 Å². The van der Waals surface area contributed by atoms with Crippen LogP contribution in [0.2, 0.25) is 6.55 Å². The largest absolute Gasteiger partial charge is 0.373 e. The van der Waals surface area contributed by atoms with Crippen molar-refractivity contribution in [2.24, 2.45) is 11.5 Å². The van der Waals surface area contributed by atoms with Crippen molar-refractivity contribution in [3.8, 4) is 0 Å². The summed E-state index contributed by atoms with van der Waals surface area (Å²) in [5.74, 6) is 0. The van der Waals surface area contributed by atoms with Gasteiger partial charge < -0.3 is 11.5 Å². The van der Waals surface area contributed by atoms with Gasteiger partial charge in [0.1, 0.15) is 0 Å². The summed E-state index contributed by atoms with van der Waals surface area (Å²) in [5.41, 5.74) is 9.25. The van der Waals surface area contributed by atoms with E-state index < -0.39 is 19.1 Å². The first-order chi connectivity index (χ1) is 6.49. The van der Waals surface area contributed by atoms with Crippen LogP contribution in [0.4, 0.5) is 9.59 Å². The van der Waals surface area contributed by atoms with E-state index in [-0.39, 0.29) is 0 Å². The maximum Gasteiger partial charge on any atom is 0.287 e. The van der Waals surface area contributed by atoms with Gasteiger partial charge in [-0.1, -0.05) is 30.3 Å². The number of carbonyl (C=O) groups is 2. The molecule has 0 saturated carbocycles. The highest BCUT2D eigenvalue weighted by Crippen LogP contribution is 2.04. The molecule has 2 amide bonds. The third-order valence-corrected chi connectivity index (χ3v) is 5.80. The minimum absolute atomic E-state index is 0.601. The smallest absolute Gasteiger partial charge is 0.287 e. The molecule has 0 fully saturated rings. The Labute approximate surface area is 82.9 Å². The van der Waals surface area contributed by atoms with Crippen molar-refractivity contribution >= 4 is 24.3 Å². The number of primary amides is 2. The van der Waals surface area contributed by atoms with Gasteiger partial charge in [0.25, 0.3) is 8.07 Å². The molecule has 1 aromatic carbocycles. The Hall–Kier alpha value is -1.62. The van der Waals surface area contributed by atoms with Crippen LogP contribution >= 0.6 is 0 Å². The number of benzene rings is 1. The predicted octanol–water partition coefficient (Wildman–Crippen LogP) is 0.293. The Bertz CT molecular complexity index is 350. The Kier molecular flexibility index (Phi) is 2.71. The standard InChI is InChI=1S/C9H12N2O2Si/c1-14(8(10)12,9(11)13)7-5-3-2-4-6-7/h2-6H,1H3,(H2,10,12)(H2,11,13). The predicted molar refractivity (Wildman–Crippen MR) is 56.9 cm³/mol. The van der Waals surface area contributed by atoms with Gasteiger partial charge >= 0.3 is 0 Å². The fourth-order valence-corrected chi connectivity index (χ4v) is 2.85. The van der Waals surface area contributed by atoms with E-state index in [2.05, 4.69) is 0 Å². The van der Waals surface area contributed by atoms with Crippen molar-refractivity contribution in [3.63, 3.8) is 0 Å². The molecule has 0 aliphatic carbocycles. The molecular formula is C9H12N2O2Si. The number of nitrogens with two attached hydrogens (primary N) is 2. The molecular weight excluding hydrogens is 196 g/mol. The fourth-order valence-electron chi connectivity index (χ4n) is 1.18. The van der Waals surface area contributed by atoms with Gasteiger partial charge in [-0.25, -0.2) is 0 Å². The number of carbonyl (C=O) groups excluding carboxylic acids is 2. The molecule has 0 unspecified atom stereocenters. The van der Waals surface area contributed by atoms with Crippen LogP contribution in [-0.2, 0) is 0 Å². The molecule has 0 aliphatic rings. The van der Waals surface area contributed by atoms with Crippen molar-refractivity contribution < 1.29 is 9.59 Å². The lowest BCUT2D eigenvalue weighted by Crippen LogP contribution is -2.64. The van der Waals surface area contributed by atoms with Crippen LogP contribution in [0.1, 0.15) is 0 Å². The molecule has 14 heavy (non-hydrogen) atoms. The van der Waals surface area contributed by atoms with Crippen LogP contribution in [-0.4, -0.2) is 19.1 Å². The minimum atomic E-state index is -3.00. The molecule has 0 bridgehead atoms. The summed E-state index contributed by atoms with van der Waals surface area (Å²) in [6, 6.07) is 8.74. The first kappa shape index (κ1) is 10.5. The van der Waals surface area contributed by atoms with Crippen LogP contribution in [0.5, 0.6) is 0 Å². The van der Waals surface area contributed by atoms with Crippen molar-refractivity contribution in [1.29, 1.82) is 0 Å². The van der Waals surface area contributed by atoms with Crippen LogP contribution in [0, 0.1) is 0 Å². The Morgan fingerprint density at radius 2 is 1.50 bits per heavy atom. The van der Waals surface area contributed by atoms with Gasteiger partial charge in [0.05, 0.1) is 0 Å². The molecule has 0 aliphatic heterocycles. The summed E-state index contributed by atoms with van der Waals surface area (Å²) in [7, 11) is -3.00. The van der Waals surface area contributed by atoms with Gasteiger partial charge in [-0.05, 0) is 11.7 Å². The summed E-state index contributed by atoms with van der Waals surface area (Å²) < 4.78 is 0. The Morgan fingerprint density at radius 1 is 1.07 bits per heavy atom. The van der Waals surface area contributed by atoms with Gasteiger partial charge in [-0.15, -0.1) is 0 Å². The zero-order valence-electron chi connectivity index (χ0n) is 7.86. The van der Waals surface area contributed by atoms with Gasteiger partial charge in [-0.3, -0.25) is 9.59 Å². The fraction of sp³-hybridized carbons (Fsp3) is 0.111. The van der Waals surface area contributed by atoms with Crippen molar-refractivity contribution in [2.75, 3.05) is 0 Å². The molecule has 0 radical (unpaired) electrons. The van der Waals surface area contributed by atoms with Gasteiger partial charge in [0.2, 0.25) is 11.1 Å². The van der Waals surface area contributed by atoms with E-state index in [0.29, 0.717) is 5.19 Å². The molecule has 0 heterocycles. The van der Waals surface area contributed by atoms with Gasteiger partial charge in [0.15, 0.2) is 0 Å². The third-order valence-electron chi connectivity index (χ3n) is 2.34. The van der Waals surface area contributed by atoms with Crippen molar-refractivity contribution in [2.45, 2.75) is 6.55 Å². The molecule has 0 spiro atoms. The van der Waals surface area contributed by atoms with E-state index in [0.717, 1.165) is 0 Å². The van der Waals surface area contributed by atoms with E-state index in [9.17, 15) is 9.59 Å². The summed E-state index contributed by atoms with van der Waals surface area (Å²) in [4.78, 5) is 22.5. The zero-order valence-corrected chi connectivity index (χ0v) is 8.86. The topological polar surface area (TPSA) is 86.2 Å². The Balaban J connectivity index is 3.27. The molecule has 0 aromatic heterocycles. The average Bonchev–Trinajstić information content (AvgIpc) is 2.17. The van der Waals surface area contributed by atoms with Crippen molar-refractivity contribution in [3.05, 3.63) is 30.3 Å². The first-order valence-electron chi connectivity index (χ1n) is 4.15. The summed E-state index contributed by atoms with van der Waals surface area (Å²) in [6.45, 7) is 1.56. The highest BCUT2D eigenvalue weighted by molar-refractivity contribution is 7.30. The maximum absolute atomic E-state index is 11.2. The second-order valence-corrected chi connectivity index (χ2v) is 7.03. The molecule has 4 N–H and O–H groups in total. The zero-order chi connectivity index (χ0) is 10.8. The molecule has 0 saturated heterocycles. The highest BCUT2D eigenvalue weighted by atomic mass is 28.3. The lowest BCUT2D eigenvalue weighted by atomic mass is 10.4. The van der Waals surface area contributed by atoms with E-state index >= 15 is 0 Å². The maximum atomic E-state index is 11.2. The minimum Gasteiger partial charge on any atom is -0.373 e. The average molecular weight is 208 g/mol. The van der Waals surface area contributed by atoms with E-state index in [4.69, 9.17) is 11.5 Å².